The zero-order valence-electron chi connectivity index (χ0n) is 16.8. The Labute approximate surface area is 182 Å². The number of nitrogens with two attached hydrogens (primary N) is 1. The molecule has 0 bridgehead atoms. The van der Waals surface area contributed by atoms with E-state index in [0.29, 0.717) is 17.7 Å². The molecule has 7 nitrogen and oxygen atoms in total. The van der Waals surface area contributed by atoms with E-state index < -0.39 is 11.7 Å². The lowest BCUT2D eigenvalue weighted by atomic mass is 10.0. The molecule has 1 amide bonds. The summed E-state index contributed by atoms with van der Waals surface area (Å²) in [5.41, 5.74) is 6.72. The molecule has 0 spiro atoms. The molecule has 32 heavy (non-hydrogen) atoms. The Morgan fingerprint density at radius 1 is 1.09 bits per heavy atom. The van der Waals surface area contributed by atoms with Crippen molar-refractivity contribution in [2.45, 2.75) is 6.42 Å². The standard InChI is InChI=1S/C24H19FN4O3/c25-20-11-17(6-7-21(20)32-18-8-9-28-22(26)12-18)29-24(31)19-14-27-13-16(23(19)30)10-15-4-2-1-3-5-15/h1-9,11-14H,10H2,(H2,26,28)(H,27,30)(H,29,31). The number of nitrogens with one attached hydrogen (secondary N) is 2. The van der Waals surface area contributed by atoms with Gasteiger partial charge in [-0.3, -0.25) is 9.59 Å². The van der Waals surface area contributed by atoms with Gasteiger partial charge in [0.05, 0.1) is 0 Å². The van der Waals surface area contributed by atoms with Crippen molar-refractivity contribution in [1.82, 2.24) is 9.97 Å². The lowest BCUT2D eigenvalue weighted by Crippen LogP contribution is -2.24. The summed E-state index contributed by atoms with van der Waals surface area (Å²) in [7, 11) is 0. The van der Waals surface area contributed by atoms with Crippen molar-refractivity contribution in [1.29, 1.82) is 0 Å². The summed E-state index contributed by atoms with van der Waals surface area (Å²) in [6.07, 6.45) is 4.73. The van der Waals surface area contributed by atoms with Crippen LogP contribution in [-0.4, -0.2) is 15.9 Å². The minimum atomic E-state index is -0.690. The maximum absolute atomic E-state index is 14.5. The number of aromatic amines is 1. The van der Waals surface area contributed by atoms with Gasteiger partial charge in [-0.05, 0) is 23.8 Å². The molecule has 4 aromatic rings. The average molecular weight is 430 g/mol. The normalized spacial score (nSPS) is 10.5. The van der Waals surface area contributed by atoms with Crippen LogP contribution in [0.15, 0.2) is 84.0 Å². The molecule has 0 radical (unpaired) electrons. The van der Waals surface area contributed by atoms with Crippen molar-refractivity contribution in [3.05, 3.63) is 112 Å². The van der Waals surface area contributed by atoms with Gasteiger partial charge in [0, 0.05) is 48.4 Å². The topological polar surface area (TPSA) is 110 Å². The van der Waals surface area contributed by atoms with Gasteiger partial charge in [0.25, 0.3) is 5.91 Å². The molecule has 0 aliphatic carbocycles. The number of carbonyl (C=O) groups is 1. The number of hydrogen-bond acceptors (Lipinski definition) is 5. The fraction of sp³-hybridized carbons (Fsp3) is 0.0417. The SMILES string of the molecule is Nc1cc(Oc2ccc(NC(=O)c3c[nH]cc(Cc4ccccc4)c3=O)cc2F)ccn1. The van der Waals surface area contributed by atoms with E-state index in [9.17, 15) is 14.0 Å². The Hall–Kier alpha value is -4.46. The van der Waals surface area contributed by atoms with Crippen molar-refractivity contribution in [2.75, 3.05) is 11.1 Å². The number of halogens is 1. The number of benzene rings is 2. The van der Waals surface area contributed by atoms with Gasteiger partial charge in [0.2, 0.25) is 0 Å². The summed E-state index contributed by atoms with van der Waals surface area (Å²) in [4.78, 5) is 32.1. The zero-order chi connectivity index (χ0) is 22.5. The molecule has 4 N–H and O–H groups in total. The molecule has 0 fully saturated rings. The highest BCUT2D eigenvalue weighted by molar-refractivity contribution is 6.04. The van der Waals surface area contributed by atoms with Gasteiger partial charge in [-0.2, -0.15) is 0 Å². The van der Waals surface area contributed by atoms with E-state index in [4.69, 9.17) is 10.5 Å². The molecular formula is C24H19FN4O3. The number of hydrogen-bond donors (Lipinski definition) is 3. The second-order valence-corrected chi connectivity index (χ2v) is 7.00. The fourth-order valence-corrected chi connectivity index (χ4v) is 3.12. The van der Waals surface area contributed by atoms with Crippen LogP contribution in [0.4, 0.5) is 15.9 Å². The Morgan fingerprint density at radius 3 is 2.66 bits per heavy atom. The molecule has 0 saturated carbocycles. The van der Waals surface area contributed by atoms with E-state index in [-0.39, 0.29) is 28.2 Å². The van der Waals surface area contributed by atoms with Crippen LogP contribution in [0, 0.1) is 5.82 Å². The molecule has 8 heteroatoms. The van der Waals surface area contributed by atoms with Crippen molar-refractivity contribution in [3.8, 4) is 11.5 Å². The van der Waals surface area contributed by atoms with Crippen LogP contribution in [0.3, 0.4) is 0 Å². The number of carbonyl (C=O) groups excluding carboxylic acids is 1. The summed E-state index contributed by atoms with van der Waals surface area (Å²) >= 11 is 0. The van der Waals surface area contributed by atoms with E-state index in [1.54, 1.807) is 12.3 Å². The summed E-state index contributed by atoms with van der Waals surface area (Å²) in [5, 5.41) is 2.55. The van der Waals surface area contributed by atoms with E-state index in [2.05, 4.69) is 15.3 Å². The van der Waals surface area contributed by atoms with Crippen molar-refractivity contribution in [2.24, 2.45) is 0 Å². The minimum absolute atomic E-state index is 0.0451. The first-order valence-corrected chi connectivity index (χ1v) is 9.74. The lowest BCUT2D eigenvalue weighted by molar-refractivity contribution is 0.102. The van der Waals surface area contributed by atoms with Gasteiger partial charge in [-0.15, -0.1) is 0 Å². The Kier molecular flexibility index (Phi) is 5.94. The fourth-order valence-electron chi connectivity index (χ4n) is 3.12. The predicted octanol–water partition coefficient (Wildman–Crippen LogP) is 4.13. The summed E-state index contributed by atoms with van der Waals surface area (Å²) in [6.45, 7) is 0. The number of ether oxygens (including phenoxy) is 1. The van der Waals surface area contributed by atoms with E-state index in [1.807, 2.05) is 30.3 Å². The third kappa shape index (κ3) is 4.81. The molecule has 0 unspecified atom stereocenters. The van der Waals surface area contributed by atoms with Crippen LogP contribution < -0.4 is 21.2 Å². The van der Waals surface area contributed by atoms with E-state index >= 15 is 0 Å². The first-order valence-electron chi connectivity index (χ1n) is 9.74. The highest BCUT2D eigenvalue weighted by atomic mass is 19.1. The average Bonchev–Trinajstić information content (AvgIpc) is 2.78. The molecular weight excluding hydrogens is 411 g/mol. The number of rotatable bonds is 6. The number of aromatic nitrogens is 2. The van der Waals surface area contributed by atoms with Crippen molar-refractivity contribution < 1.29 is 13.9 Å². The third-order valence-electron chi connectivity index (χ3n) is 4.67. The van der Waals surface area contributed by atoms with Gasteiger partial charge in [-0.1, -0.05) is 30.3 Å². The summed E-state index contributed by atoms with van der Waals surface area (Å²) < 4.78 is 19.9. The van der Waals surface area contributed by atoms with Crippen LogP contribution in [0.1, 0.15) is 21.5 Å². The molecule has 0 aliphatic heterocycles. The number of H-pyrrole nitrogens is 1. The Balaban J connectivity index is 1.50. The highest BCUT2D eigenvalue weighted by Gasteiger charge is 2.15. The van der Waals surface area contributed by atoms with Crippen molar-refractivity contribution in [3.63, 3.8) is 0 Å². The minimum Gasteiger partial charge on any atom is -0.454 e. The Morgan fingerprint density at radius 2 is 1.91 bits per heavy atom. The van der Waals surface area contributed by atoms with E-state index in [1.165, 1.54) is 30.6 Å². The van der Waals surface area contributed by atoms with E-state index in [0.717, 1.165) is 11.6 Å². The number of nitrogens with zero attached hydrogens (tertiary/aromatic N) is 1. The van der Waals surface area contributed by atoms with Crippen LogP contribution in [0.25, 0.3) is 0 Å². The van der Waals surface area contributed by atoms with Gasteiger partial charge < -0.3 is 20.8 Å². The molecule has 4 rings (SSSR count). The maximum Gasteiger partial charge on any atom is 0.261 e. The Bertz CT molecular complexity index is 1320. The molecule has 0 atom stereocenters. The van der Waals surface area contributed by atoms with Crippen LogP contribution in [0.2, 0.25) is 0 Å². The second kappa shape index (κ2) is 9.13. The molecule has 160 valence electrons. The predicted molar refractivity (Wildman–Crippen MR) is 119 cm³/mol. The largest absolute Gasteiger partial charge is 0.454 e. The number of amides is 1. The molecule has 0 aliphatic rings. The lowest BCUT2D eigenvalue weighted by Gasteiger charge is -2.10. The van der Waals surface area contributed by atoms with Gasteiger partial charge in [0.15, 0.2) is 17.0 Å². The smallest absolute Gasteiger partial charge is 0.261 e. The zero-order valence-corrected chi connectivity index (χ0v) is 16.8. The number of nitrogen functional groups attached to an aromatic ring is 1. The number of anilines is 2. The second-order valence-electron chi connectivity index (χ2n) is 7.00. The summed E-state index contributed by atoms with van der Waals surface area (Å²) in [6, 6.07) is 16.4. The third-order valence-corrected chi connectivity index (χ3v) is 4.67. The molecule has 2 heterocycles. The quantitative estimate of drug-likeness (QED) is 0.426. The first-order chi connectivity index (χ1) is 15.5. The van der Waals surface area contributed by atoms with Crippen LogP contribution in [-0.2, 0) is 6.42 Å². The number of pyridine rings is 2. The summed E-state index contributed by atoms with van der Waals surface area (Å²) in [5.74, 6) is -0.807. The molecule has 0 saturated heterocycles. The highest BCUT2D eigenvalue weighted by Crippen LogP contribution is 2.27. The molecule has 2 aromatic carbocycles. The molecule has 2 aromatic heterocycles. The first kappa shape index (κ1) is 20.8. The van der Waals surface area contributed by atoms with Crippen molar-refractivity contribution >= 4 is 17.4 Å². The monoisotopic (exact) mass is 430 g/mol. The maximum atomic E-state index is 14.5. The van der Waals surface area contributed by atoms with Gasteiger partial charge in [0.1, 0.15) is 17.1 Å². The van der Waals surface area contributed by atoms with Crippen LogP contribution >= 0.6 is 0 Å². The van der Waals surface area contributed by atoms with Gasteiger partial charge in [-0.25, -0.2) is 9.37 Å². The van der Waals surface area contributed by atoms with Gasteiger partial charge >= 0.3 is 0 Å². The van der Waals surface area contributed by atoms with Crippen LogP contribution in [0.5, 0.6) is 11.5 Å².